The van der Waals surface area contributed by atoms with Gasteiger partial charge >= 0.3 is 0 Å². The van der Waals surface area contributed by atoms with Gasteiger partial charge in [0.25, 0.3) is 10.0 Å². The smallest absolute Gasteiger partial charge is 0.252 e. The van der Waals surface area contributed by atoms with Crippen LogP contribution in [0.2, 0.25) is 0 Å². The molecule has 1 aromatic heterocycles. The molecular weight excluding hydrogens is 400 g/mol. The molecule has 3 rings (SSSR count). The molecule has 0 unspecified atom stereocenters. The fraction of sp³-hybridized carbons (Fsp3) is 0.421. The molecule has 28 heavy (non-hydrogen) atoms. The first-order chi connectivity index (χ1) is 13.4. The number of carbonyl (C=O) groups excluding carboxylic acids is 1. The zero-order valence-electron chi connectivity index (χ0n) is 15.9. The second-order valence-electron chi connectivity index (χ2n) is 6.45. The summed E-state index contributed by atoms with van der Waals surface area (Å²) in [7, 11) is -1.94. The highest BCUT2D eigenvalue weighted by atomic mass is 32.2. The van der Waals surface area contributed by atoms with E-state index in [9.17, 15) is 13.2 Å². The maximum absolute atomic E-state index is 12.7. The lowest BCUT2D eigenvalue weighted by Crippen LogP contribution is -2.40. The Morgan fingerprint density at radius 2 is 1.96 bits per heavy atom. The highest BCUT2D eigenvalue weighted by Crippen LogP contribution is 2.27. The fourth-order valence-electron chi connectivity index (χ4n) is 3.06. The highest BCUT2D eigenvalue weighted by Gasteiger charge is 2.28. The van der Waals surface area contributed by atoms with E-state index in [2.05, 4.69) is 5.32 Å². The van der Waals surface area contributed by atoms with E-state index < -0.39 is 10.0 Å². The molecule has 2 aromatic rings. The summed E-state index contributed by atoms with van der Waals surface area (Å²) in [5.41, 5.74) is 0.889. The first-order valence-corrected chi connectivity index (χ1v) is 11.3. The van der Waals surface area contributed by atoms with Crippen molar-refractivity contribution in [1.82, 2.24) is 9.62 Å². The molecule has 152 valence electrons. The zero-order chi connectivity index (χ0) is 20.1. The van der Waals surface area contributed by atoms with Gasteiger partial charge in [0.05, 0.1) is 32.8 Å². The van der Waals surface area contributed by atoms with Gasteiger partial charge in [-0.15, -0.1) is 11.3 Å². The van der Waals surface area contributed by atoms with Gasteiger partial charge in [-0.2, -0.15) is 4.31 Å². The van der Waals surface area contributed by atoms with Gasteiger partial charge < -0.3 is 14.8 Å². The average Bonchev–Trinajstić information content (AvgIpc) is 3.17. The van der Waals surface area contributed by atoms with Crippen molar-refractivity contribution in [2.75, 3.05) is 33.4 Å². The monoisotopic (exact) mass is 424 g/mol. The van der Waals surface area contributed by atoms with Crippen molar-refractivity contribution >= 4 is 27.3 Å². The third-order valence-electron chi connectivity index (χ3n) is 4.52. The van der Waals surface area contributed by atoms with Crippen molar-refractivity contribution < 1.29 is 22.7 Å². The molecule has 1 aliphatic rings. The Morgan fingerprint density at radius 3 is 2.68 bits per heavy atom. The first-order valence-electron chi connectivity index (χ1n) is 9.00. The first kappa shape index (κ1) is 20.8. The van der Waals surface area contributed by atoms with Crippen molar-refractivity contribution in [2.24, 2.45) is 0 Å². The van der Waals surface area contributed by atoms with Gasteiger partial charge in [-0.1, -0.05) is 18.2 Å². The Morgan fingerprint density at radius 1 is 1.25 bits per heavy atom. The van der Waals surface area contributed by atoms with Gasteiger partial charge in [-0.3, -0.25) is 4.79 Å². The third-order valence-corrected chi connectivity index (χ3v) is 7.97. The quantitative estimate of drug-likeness (QED) is 0.737. The van der Waals surface area contributed by atoms with Crippen LogP contribution in [0.4, 0.5) is 0 Å². The molecule has 1 atom stereocenters. The number of amides is 1. The number of ether oxygens (including phenoxy) is 2. The van der Waals surface area contributed by atoms with Gasteiger partial charge in [-0.25, -0.2) is 8.42 Å². The van der Waals surface area contributed by atoms with E-state index >= 15 is 0 Å². The highest BCUT2D eigenvalue weighted by molar-refractivity contribution is 7.91. The zero-order valence-corrected chi connectivity index (χ0v) is 17.5. The number of hydrogen-bond donors (Lipinski definition) is 1. The van der Waals surface area contributed by atoms with E-state index in [0.717, 1.165) is 16.9 Å². The van der Waals surface area contributed by atoms with Crippen molar-refractivity contribution in [3.8, 4) is 5.75 Å². The summed E-state index contributed by atoms with van der Waals surface area (Å²) in [6.45, 7) is 3.40. The van der Waals surface area contributed by atoms with Crippen molar-refractivity contribution in [2.45, 2.75) is 23.6 Å². The van der Waals surface area contributed by atoms with Crippen LogP contribution in [0.1, 0.15) is 23.4 Å². The number of methoxy groups -OCH3 is 1. The minimum atomic E-state index is -3.53. The number of hydrogen-bond acceptors (Lipinski definition) is 6. The number of morpholine rings is 1. The van der Waals surface area contributed by atoms with E-state index in [0.29, 0.717) is 36.9 Å². The maximum atomic E-state index is 12.7. The van der Waals surface area contributed by atoms with E-state index in [1.807, 2.05) is 31.2 Å². The van der Waals surface area contributed by atoms with Gasteiger partial charge in [0.1, 0.15) is 9.96 Å². The van der Waals surface area contributed by atoms with Crippen molar-refractivity contribution in [3.63, 3.8) is 0 Å². The summed E-state index contributed by atoms with van der Waals surface area (Å²) >= 11 is 1.14. The van der Waals surface area contributed by atoms with Crippen molar-refractivity contribution in [3.05, 3.63) is 46.8 Å². The van der Waals surface area contributed by atoms with Crippen molar-refractivity contribution in [1.29, 1.82) is 0 Å². The topological polar surface area (TPSA) is 84.9 Å². The molecule has 0 bridgehead atoms. The molecule has 1 amide bonds. The Balaban J connectivity index is 1.64. The molecule has 0 spiro atoms. The molecule has 7 nitrogen and oxygen atoms in total. The van der Waals surface area contributed by atoms with Crippen LogP contribution in [0.3, 0.4) is 0 Å². The van der Waals surface area contributed by atoms with Gasteiger partial charge in [0, 0.05) is 23.5 Å². The Hall–Kier alpha value is -1.94. The molecule has 0 radical (unpaired) electrons. The predicted molar refractivity (Wildman–Crippen MR) is 107 cm³/mol. The van der Waals surface area contributed by atoms with Gasteiger partial charge in [-0.05, 0) is 25.1 Å². The predicted octanol–water partition coefficient (Wildman–Crippen LogP) is 2.20. The largest absolute Gasteiger partial charge is 0.496 e. The number of thiophene rings is 1. The number of rotatable bonds is 7. The summed E-state index contributed by atoms with van der Waals surface area (Å²) in [5, 5.41) is 2.94. The Labute approximate surface area is 169 Å². The fourth-order valence-corrected chi connectivity index (χ4v) is 5.98. The summed E-state index contributed by atoms with van der Waals surface area (Å²) in [6, 6.07) is 10.6. The molecule has 9 heteroatoms. The molecule has 2 heterocycles. The third kappa shape index (κ3) is 4.72. The molecule has 0 saturated carbocycles. The van der Waals surface area contributed by atoms with Crippen LogP contribution in [0.25, 0.3) is 0 Å². The molecular formula is C19H24N2O5S2. The number of benzene rings is 1. The molecule has 1 fully saturated rings. The number of nitrogens with one attached hydrogen (secondary N) is 1. The van der Waals surface area contributed by atoms with Crippen LogP contribution in [-0.4, -0.2) is 52.0 Å². The molecule has 1 aliphatic heterocycles. The second-order valence-corrected chi connectivity index (χ2v) is 9.78. The summed E-state index contributed by atoms with van der Waals surface area (Å²) < 4.78 is 37.6. The van der Waals surface area contributed by atoms with Crippen LogP contribution >= 0.6 is 11.3 Å². The van der Waals surface area contributed by atoms with Crippen LogP contribution in [0, 0.1) is 0 Å². The number of carbonyl (C=O) groups is 1. The Bertz CT molecular complexity index is 920. The number of sulfonamides is 1. The average molecular weight is 425 g/mol. The molecule has 1 N–H and O–H groups in total. The van der Waals surface area contributed by atoms with E-state index in [4.69, 9.17) is 9.47 Å². The van der Waals surface area contributed by atoms with Crippen LogP contribution in [0.5, 0.6) is 5.75 Å². The minimum Gasteiger partial charge on any atom is -0.496 e. The molecule has 1 aromatic carbocycles. The molecule has 1 saturated heterocycles. The second kappa shape index (κ2) is 9.04. The SMILES string of the molecule is COc1ccccc1[C@@H](C)NC(=O)Cc1ccc(S(=O)(=O)N2CCOCC2)s1. The van der Waals surface area contributed by atoms with Gasteiger partial charge in [0.2, 0.25) is 5.91 Å². The normalized spacial score (nSPS) is 16.5. The van der Waals surface area contributed by atoms with Crippen LogP contribution < -0.4 is 10.1 Å². The lowest BCUT2D eigenvalue weighted by Gasteiger charge is -2.25. The van der Waals surface area contributed by atoms with Crippen LogP contribution in [0.15, 0.2) is 40.6 Å². The standard InChI is InChI=1S/C19H24N2O5S2/c1-14(16-5-3-4-6-17(16)25-2)20-18(22)13-15-7-8-19(27-15)28(23,24)21-9-11-26-12-10-21/h3-8,14H,9-13H2,1-2H3,(H,20,22)/t14-/m1/s1. The van der Waals surface area contributed by atoms with Crippen LogP contribution in [-0.2, 0) is 26.0 Å². The maximum Gasteiger partial charge on any atom is 0.252 e. The lowest BCUT2D eigenvalue weighted by atomic mass is 10.1. The van der Waals surface area contributed by atoms with E-state index in [1.165, 1.54) is 4.31 Å². The van der Waals surface area contributed by atoms with E-state index in [1.54, 1.807) is 19.2 Å². The number of para-hydroxylation sites is 1. The lowest BCUT2D eigenvalue weighted by molar-refractivity contribution is -0.121. The summed E-state index contributed by atoms with van der Waals surface area (Å²) in [5.74, 6) is 0.542. The van der Waals surface area contributed by atoms with E-state index in [-0.39, 0.29) is 22.6 Å². The number of nitrogens with zero attached hydrogens (tertiary/aromatic N) is 1. The minimum absolute atomic E-state index is 0.128. The van der Waals surface area contributed by atoms with Gasteiger partial charge in [0.15, 0.2) is 0 Å². The Kier molecular flexibility index (Phi) is 6.71. The summed E-state index contributed by atoms with van der Waals surface area (Å²) in [4.78, 5) is 13.1. The summed E-state index contributed by atoms with van der Waals surface area (Å²) in [6.07, 6.45) is 0.128. The molecule has 0 aliphatic carbocycles.